The van der Waals surface area contributed by atoms with Gasteiger partial charge >= 0.3 is 0 Å². The second kappa shape index (κ2) is 7.95. The van der Waals surface area contributed by atoms with Crippen molar-refractivity contribution >= 4 is 27.1 Å². The second-order valence-electron chi connectivity index (χ2n) is 7.07. The van der Waals surface area contributed by atoms with Crippen molar-refractivity contribution in [3.8, 4) is 0 Å². The molecule has 1 amide bonds. The molecule has 8 nitrogen and oxygen atoms in total. The van der Waals surface area contributed by atoms with Crippen LogP contribution in [0, 0.1) is 5.41 Å². The van der Waals surface area contributed by atoms with Gasteiger partial charge in [-0.25, -0.2) is 8.42 Å². The van der Waals surface area contributed by atoms with Crippen LogP contribution in [0.15, 0.2) is 23.1 Å². The normalized spacial score (nSPS) is 18.0. The molecule has 0 radical (unpaired) electrons. The summed E-state index contributed by atoms with van der Waals surface area (Å²) in [5, 5.41) is 14.1. The fourth-order valence-corrected chi connectivity index (χ4v) is 4.05. The summed E-state index contributed by atoms with van der Waals surface area (Å²) in [7, 11) is 1.75. The van der Waals surface area contributed by atoms with Crippen LogP contribution in [0.3, 0.4) is 0 Å². The molecule has 1 saturated heterocycles. The Bertz CT molecular complexity index is 831. The standard InChI is InChI=1S/C18H29N5O3S/c1-18(21-3,17(24)20-2)16(19)13-6-7-15(27(5,25)26)14(12-13)23-10-8-22(4)9-11-23/h6-7,12,19,21H,8-11H2,1-5H3,(H,20,24). The Kier molecular flexibility index (Phi) is 6.28. The third kappa shape index (κ3) is 4.31. The molecule has 1 aromatic carbocycles. The van der Waals surface area contributed by atoms with E-state index in [4.69, 9.17) is 5.41 Å². The number of carbonyl (C=O) groups is 1. The second-order valence-corrected chi connectivity index (χ2v) is 9.06. The van der Waals surface area contributed by atoms with E-state index < -0.39 is 15.4 Å². The number of nitrogens with zero attached hydrogens (tertiary/aromatic N) is 2. The van der Waals surface area contributed by atoms with Crippen LogP contribution in [0.1, 0.15) is 12.5 Å². The van der Waals surface area contributed by atoms with Gasteiger partial charge < -0.3 is 25.8 Å². The number of sulfone groups is 1. The van der Waals surface area contributed by atoms with Crippen molar-refractivity contribution in [2.75, 3.05) is 58.5 Å². The minimum absolute atomic E-state index is 0.0831. The van der Waals surface area contributed by atoms with Gasteiger partial charge in [0.15, 0.2) is 9.84 Å². The van der Waals surface area contributed by atoms with Gasteiger partial charge in [0.05, 0.1) is 16.3 Å². The number of likely N-dealkylation sites (N-methyl/N-ethyl adjacent to an activating group) is 3. The van der Waals surface area contributed by atoms with Crippen molar-refractivity contribution in [1.29, 1.82) is 5.41 Å². The number of hydrogen-bond donors (Lipinski definition) is 3. The highest BCUT2D eigenvalue weighted by molar-refractivity contribution is 7.90. The molecule has 0 aliphatic carbocycles. The third-order valence-electron chi connectivity index (χ3n) is 5.17. The van der Waals surface area contributed by atoms with Gasteiger partial charge in [0.25, 0.3) is 0 Å². The van der Waals surface area contributed by atoms with E-state index in [9.17, 15) is 13.2 Å². The summed E-state index contributed by atoms with van der Waals surface area (Å²) in [5.41, 5.74) is -0.0411. The van der Waals surface area contributed by atoms with Gasteiger partial charge in [-0.2, -0.15) is 0 Å². The van der Waals surface area contributed by atoms with Crippen molar-refractivity contribution in [3.05, 3.63) is 23.8 Å². The van der Waals surface area contributed by atoms with Crippen LogP contribution in [0.5, 0.6) is 0 Å². The Morgan fingerprint density at radius 2 is 1.78 bits per heavy atom. The zero-order valence-corrected chi connectivity index (χ0v) is 17.4. The summed E-state index contributed by atoms with van der Waals surface area (Å²) in [5.74, 6) is -0.330. The van der Waals surface area contributed by atoms with Gasteiger partial charge in [0, 0.05) is 39.5 Å². The van der Waals surface area contributed by atoms with E-state index in [1.54, 1.807) is 26.1 Å². The molecule has 1 aromatic rings. The first-order chi connectivity index (χ1) is 12.5. The molecule has 1 aliphatic rings. The highest BCUT2D eigenvalue weighted by Gasteiger charge is 2.37. The fraction of sp³-hybridized carbons (Fsp3) is 0.556. The van der Waals surface area contributed by atoms with Gasteiger partial charge in [-0.05, 0) is 38.7 Å². The summed E-state index contributed by atoms with van der Waals surface area (Å²) in [6.45, 7) is 4.70. The summed E-state index contributed by atoms with van der Waals surface area (Å²) in [6, 6.07) is 4.84. The quantitative estimate of drug-likeness (QED) is 0.583. The molecule has 1 fully saturated rings. The highest BCUT2D eigenvalue weighted by atomic mass is 32.2. The zero-order valence-electron chi connectivity index (χ0n) is 16.6. The molecule has 0 aromatic heterocycles. The first-order valence-electron chi connectivity index (χ1n) is 8.82. The molecule has 0 saturated carbocycles. The maximum atomic E-state index is 12.3. The van der Waals surface area contributed by atoms with E-state index in [1.807, 2.05) is 11.9 Å². The topological polar surface area (TPSA) is 106 Å². The fourth-order valence-electron chi connectivity index (χ4n) is 3.17. The van der Waals surface area contributed by atoms with Crippen LogP contribution >= 0.6 is 0 Å². The van der Waals surface area contributed by atoms with Gasteiger partial charge in [-0.15, -0.1) is 0 Å². The van der Waals surface area contributed by atoms with Gasteiger partial charge in [-0.1, -0.05) is 6.07 Å². The lowest BCUT2D eigenvalue weighted by molar-refractivity contribution is -0.123. The molecule has 27 heavy (non-hydrogen) atoms. The summed E-state index contributed by atoms with van der Waals surface area (Å²) in [4.78, 5) is 16.8. The average molecular weight is 396 g/mol. The lowest BCUT2D eigenvalue weighted by Crippen LogP contribution is -2.58. The van der Waals surface area contributed by atoms with Crippen molar-refractivity contribution < 1.29 is 13.2 Å². The molecular formula is C18H29N5O3S. The van der Waals surface area contributed by atoms with Crippen molar-refractivity contribution in [2.24, 2.45) is 0 Å². The SMILES string of the molecule is CNC(=O)C(C)(NC)C(=N)c1ccc(S(C)(=O)=O)c(N2CCN(C)CC2)c1. The van der Waals surface area contributed by atoms with Crippen LogP contribution in [0.2, 0.25) is 0 Å². The number of nitrogens with one attached hydrogen (secondary N) is 3. The molecule has 150 valence electrons. The third-order valence-corrected chi connectivity index (χ3v) is 6.32. The predicted molar refractivity (Wildman–Crippen MR) is 108 cm³/mol. The molecule has 1 unspecified atom stereocenters. The van der Waals surface area contributed by atoms with Crippen LogP contribution < -0.4 is 15.5 Å². The molecule has 0 bridgehead atoms. The number of benzene rings is 1. The Labute approximate surface area is 161 Å². The van der Waals surface area contributed by atoms with Crippen LogP contribution in [0.25, 0.3) is 0 Å². The Hall–Kier alpha value is -1.97. The van der Waals surface area contributed by atoms with Crippen LogP contribution in [-0.4, -0.2) is 84.1 Å². The largest absolute Gasteiger partial charge is 0.368 e. The minimum atomic E-state index is -3.42. The van der Waals surface area contributed by atoms with Gasteiger partial charge in [0.2, 0.25) is 5.91 Å². The van der Waals surface area contributed by atoms with Crippen molar-refractivity contribution in [3.63, 3.8) is 0 Å². The van der Waals surface area contributed by atoms with Crippen molar-refractivity contribution in [2.45, 2.75) is 17.4 Å². The molecule has 1 aliphatic heterocycles. The van der Waals surface area contributed by atoms with E-state index in [0.29, 0.717) is 24.3 Å². The average Bonchev–Trinajstić information content (AvgIpc) is 2.65. The van der Waals surface area contributed by atoms with Gasteiger partial charge in [-0.3, -0.25) is 4.79 Å². The van der Waals surface area contributed by atoms with Crippen LogP contribution in [0.4, 0.5) is 5.69 Å². The summed E-state index contributed by atoms with van der Waals surface area (Å²) in [6.07, 6.45) is 1.19. The van der Waals surface area contributed by atoms with Gasteiger partial charge in [0.1, 0.15) is 5.54 Å². The van der Waals surface area contributed by atoms with Crippen LogP contribution in [-0.2, 0) is 14.6 Å². The Balaban J connectivity index is 2.52. The minimum Gasteiger partial charge on any atom is -0.368 e. The zero-order chi connectivity index (χ0) is 20.4. The number of amides is 1. The summed E-state index contributed by atoms with van der Waals surface area (Å²) >= 11 is 0. The molecule has 1 heterocycles. The number of rotatable bonds is 6. The van der Waals surface area contributed by atoms with E-state index in [2.05, 4.69) is 15.5 Å². The molecule has 9 heteroatoms. The number of hydrogen-bond acceptors (Lipinski definition) is 7. The molecule has 3 N–H and O–H groups in total. The monoisotopic (exact) mass is 395 g/mol. The maximum Gasteiger partial charge on any atom is 0.245 e. The number of anilines is 1. The van der Waals surface area contributed by atoms with Crippen molar-refractivity contribution in [1.82, 2.24) is 15.5 Å². The Morgan fingerprint density at radius 1 is 1.19 bits per heavy atom. The number of piperazine rings is 1. The van der Waals surface area contributed by atoms with E-state index in [1.165, 1.54) is 19.4 Å². The lowest BCUT2D eigenvalue weighted by Gasteiger charge is -2.35. The lowest BCUT2D eigenvalue weighted by atomic mass is 9.89. The summed E-state index contributed by atoms with van der Waals surface area (Å²) < 4.78 is 24.6. The number of carbonyl (C=O) groups excluding carboxylic acids is 1. The molecular weight excluding hydrogens is 366 g/mol. The van der Waals surface area contributed by atoms with E-state index in [-0.39, 0.29) is 16.5 Å². The molecule has 2 rings (SSSR count). The molecule has 0 spiro atoms. The van der Waals surface area contributed by atoms with E-state index in [0.717, 1.165) is 13.1 Å². The Morgan fingerprint density at radius 3 is 2.26 bits per heavy atom. The smallest absolute Gasteiger partial charge is 0.245 e. The molecule has 1 atom stereocenters. The first-order valence-corrected chi connectivity index (χ1v) is 10.7. The highest BCUT2D eigenvalue weighted by Crippen LogP contribution is 2.29. The first kappa shape index (κ1) is 21.3. The maximum absolute atomic E-state index is 12.3. The predicted octanol–water partition coefficient (Wildman–Crippen LogP) is -0.0661. The van der Waals surface area contributed by atoms with E-state index >= 15 is 0 Å².